The highest BCUT2D eigenvalue weighted by molar-refractivity contribution is 5.79. The molecule has 2 amide bonds. The molecule has 0 unspecified atom stereocenters. The van der Waals surface area contributed by atoms with Crippen LogP contribution in [-0.2, 0) is 9.59 Å². The van der Waals surface area contributed by atoms with Crippen LogP contribution in [0.3, 0.4) is 0 Å². The number of rotatable bonds is 14. The number of carbonyl (C=O) groups is 2. The zero-order valence-corrected chi connectivity index (χ0v) is 17.8. The van der Waals surface area contributed by atoms with E-state index in [1.807, 2.05) is 26.0 Å². The number of hydrogen-bond donors (Lipinski definition) is 2. The van der Waals surface area contributed by atoms with Crippen LogP contribution >= 0.6 is 0 Å². The van der Waals surface area contributed by atoms with Gasteiger partial charge in [-0.1, -0.05) is 46.1 Å². The topological polar surface area (TPSA) is 76.7 Å². The molecule has 1 aromatic carbocycles. The summed E-state index contributed by atoms with van der Waals surface area (Å²) < 4.78 is 11.2. The number of unbranched alkanes of at least 4 members (excludes halogenated alkanes) is 3. The number of carbonyl (C=O) groups excluding carboxylic acids is 2. The van der Waals surface area contributed by atoms with Crippen LogP contribution in [0.15, 0.2) is 18.2 Å². The molecule has 0 radical (unpaired) electrons. The molecule has 0 saturated carbocycles. The van der Waals surface area contributed by atoms with E-state index in [4.69, 9.17) is 9.47 Å². The Kier molecular flexibility index (Phi) is 11.8. The zero-order chi connectivity index (χ0) is 20.8. The molecule has 0 aliphatic carbocycles. The van der Waals surface area contributed by atoms with E-state index in [1.165, 1.54) is 0 Å². The number of nitrogens with one attached hydrogen (secondary N) is 2. The Morgan fingerprint density at radius 1 is 0.893 bits per heavy atom. The van der Waals surface area contributed by atoms with Crippen molar-refractivity contribution in [2.75, 3.05) is 13.7 Å². The molecule has 0 atom stereocenters. The summed E-state index contributed by atoms with van der Waals surface area (Å²) in [6, 6.07) is 5.48. The van der Waals surface area contributed by atoms with E-state index in [-0.39, 0.29) is 11.8 Å². The third-order valence-electron chi connectivity index (χ3n) is 4.40. The molecule has 1 rings (SSSR count). The van der Waals surface area contributed by atoms with Gasteiger partial charge in [-0.25, -0.2) is 0 Å². The standard InChI is InChI=1S/C22H36N2O4/c1-5-8-11-20(25)23-22(24-21(26)12-9-6-2)17-13-14-18(27-4)19(16-17)28-15-10-7-3/h13-14,16,22H,5-12,15H2,1-4H3,(H,23,25)(H,24,26). The SMILES string of the molecule is CCCCOc1cc(C(NC(=O)CCCC)NC(=O)CCCC)ccc1OC. The maximum absolute atomic E-state index is 12.3. The van der Waals surface area contributed by atoms with Crippen molar-refractivity contribution < 1.29 is 19.1 Å². The van der Waals surface area contributed by atoms with Gasteiger partial charge in [-0.3, -0.25) is 9.59 Å². The molecular weight excluding hydrogens is 356 g/mol. The summed E-state index contributed by atoms with van der Waals surface area (Å²) >= 11 is 0. The molecule has 1 aromatic rings. The predicted molar refractivity (Wildman–Crippen MR) is 111 cm³/mol. The quantitative estimate of drug-likeness (QED) is 0.361. The lowest BCUT2D eigenvalue weighted by Gasteiger charge is -2.22. The lowest BCUT2D eigenvalue weighted by atomic mass is 10.1. The molecule has 0 fully saturated rings. The van der Waals surface area contributed by atoms with Crippen LogP contribution in [0.2, 0.25) is 0 Å². The smallest absolute Gasteiger partial charge is 0.221 e. The fourth-order valence-electron chi connectivity index (χ4n) is 2.66. The fourth-order valence-corrected chi connectivity index (χ4v) is 2.66. The average Bonchev–Trinajstić information content (AvgIpc) is 2.70. The molecule has 0 bridgehead atoms. The third-order valence-corrected chi connectivity index (χ3v) is 4.40. The molecule has 0 heterocycles. The summed E-state index contributed by atoms with van der Waals surface area (Å²) in [5, 5.41) is 5.88. The van der Waals surface area contributed by atoms with Gasteiger partial charge in [0.05, 0.1) is 13.7 Å². The van der Waals surface area contributed by atoms with E-state index in [1.54, 1.807) is 13.2 Å². The van der Waals surface area contributed by atoms with Gasteiger partial charge < -0.3 is 20.1 Å². The van der Waals surface area contributed by atoms with Crippen molar-refractivity contribution in [2.24, 2.45) is 0 Å². The average molecular weight is 393 g/mol. The van der Waals surface area contributed by atoms with Gasteiger partial charge in [-0.15, -0.1) is 0 Å². The van der Waals surface area contributed by atoms with Gasteiger partial charge in [0.1, 0.15) is 6.17 Å². The minimum absolute atomic E-state index is 0.0769. The summed E-state index contributed by atoms with van der Waals surface area (Å²) in [4.78, 5) is 24.6. The van der Waals surface area contributed by atoms with Gasteiger partial charge in [-0.2, -0.15) is 0 Å². The van der Waals surface area contributed by atoms with Crippen molar-refractivity contribution in [2.45, 2.75) is 78.3 Å². The highest BCUT2D eigenvalue weighted by Gasteiger charge is 2.19. The molecule has 158 valence electrons. The Bertz CT molecular complexity index is 582. The number of benzene rings is 1. The van der Waals surface area contributed by atoms with Crippen LogP contribution in [0.4, 0.5) is 0 Å². The van der Waals surface area contributed by atoms with Crippen molar-refractivity contribution in [3.05, 3.63) is 23.8 Å². The van der Waals surface area contributed by atoms with Crippen LogP contribution in [-0.4, -0.2) is 25.5 Å². The second-order valence-corrected chi connectivity index (χ2v) is 6.89. The van der Waals surface area contributed by atoms with E-state index in [0.29, 0.717) is 30.9 Å². The van der Waals surface area contributed by atoms with Gasteiger partial charge >= 0.3 is 0 Å². The molecule has 6 nitrogen and oxygen atoms in total. The van der Waals surface area contributed by atoms with Gasteiger partial charge in [0.25, 0.3) is 0 Å². The van der Waals surface area contributed by atoms with E-state index in [2.05, 4.69) is 17.6 Å². The third kappa shape index (κ3) is 8.63. The van der Waals surface area contributed by atoms with Crippen LogP contribution in [0.5, 0.6) is 11.5 Å². The summed E-state index contributed by atoms with van der Waals surface area (Å²) in [6.07, 6.45) is 5.78. The van der Waals surface area contributed by atoms with Gasteiger partial charge in [0.2, 0.25) is 11.8 Å². The van der Waals surface area contributed by atoms with Crippen molar-refractivity contribution in [1.29, 1.82) is 0 Å². The zero-order valence-electron chi connectivity index (χ0n) is 17.8. The first-order valence-electron chi connectivity index (χ1n) is 10.4. The summed E-state index contributed by atoms with van der Waals surface area (Å²) in [6.45, 7) is 6.78. The first kappa shape index (κ1) is 23.8. The number of methoxy groups -OCH3 is 1. The van der Waals surface area contributed by atoms with E-state index in [9.17, 15) is 9.59 Å². The van der Waals surface area contributed by atoms with Crippen LogP contribution in [0.25, 0.3) is 0 Å². The largest absolute Gasteiger partial charge is 0.493 e. The lowest BCUT2D eigenvalue weighted by molar-refractivity contribution is -0.124. The Labute approximate surface area is 169 Å². The van der Waals surface area contributed by atoms with E-state index in [0.717, 1.165) is 44.1 Å². The minimum Gasteiger partial charge on any atom is -0.493 e. The second-order valence-electron chi connectivity index (χ2n) is 6.89. The van der Waals surface area contributed by atoms with Gasteiger partial charge in [-0.05, 0) is 37.0 Å². The molecule has 2 N–H and O–H groups in total. The molecule has 0 spiro atoms. The first-order valence-corrected chi connectivity index (χ1v) is 10.4. The van der Waals surface area contributed by atoms with Crippen molar-refractivity contribution >= 4 is 11.8 Å². The molecule has 6 heteroatoms. The monoisotopic (exact) mass is 392 g/mol. The molecule has 28 heavy (non-hydrogen) atoms. The maximum atomic E-state index is 12.3. The number of ether oxygens (including phenoxy) is 2. The molecule has 0 saturated heterocycles. The Morgan fingerprint density at radius 3 is 1.96 bits per heavy atom. The highest BCUT2D eigenvalue weighted by Crippen LogP contribution is 2.30. The first-order chi connectivity index (χ1) is 13.5. The molecule has 0 aliphatic rings. The highest BCUT2D eigenvalue weighted by atomic mass is 16.5. The van der Waals surface area contributed by atoms with Crippen LogP contribution in [0.1, 0.15) is 83.9 Å². The van der Waals surface area contributed by atoms with Gasteiger partial charge in [0, 0.05) is 12.8 Å². The second kappa shape index (κ2) is 13.9. The molecule has 0 aliphatic heterocycles. The Balaban J connectivity index is 3.00. The van der Waals surface area contributed by atoms with Crippen LogP contribution < -0.4 is 20.1 Å². The maximum Gasteiger partial charge on any atom is 0.221 e. The lowest BCUT2D eigenvalue weighted by Crippen LogP contribution is -2.41. The normalized spacial score (nSPS) is 10.6. The number of amides is 2. The van der Waals surface area contributed by atoms with E-state index >= 15 is 0 Å². The van der Waals surface area contributed by atoms with E-state index < -0.39 is 6.17 Å². The fraction of sp³-hybridized carbons (Fsp3) is 0.636. The molecule has 0 aromatic heterocycles. The molecular formula is C22H36N2O4. The minimum atomic E-state index is -0.590. The predicted octanol–water partition coefficient (Wildman–Crippen LogP) is 4.49. The number of hydrogen-bond acceptors (Lipinski definition) is 4. The van der Waals surface area contributed by atoms with Crippen molar-refractivity contribution in [3.63, 3.8) is 0 Å². The van der Waals surface area contributed by atoms with Gasteiger partial charge in [0.15, 0.2) is 11.5 Å². The van der Waals surface area contributed by atoms with Crippen molar-refractivity contribution in [1.82, 2.24) is 10.6 Å². The Morgan fingerprint density at radius 2 is 1.46 bits per heavy atom. The summed E-state index contributed by atoms with van der Waals surface area (Å²) in [5.74, 6) is 1.09. The summed E-state index contributed by atoms with van der Waals surface area (Å²) in [7, 11) is 1.60. The Hall–Kier alpha value is -2.24. The van der Waals surface area contributed by atoms with Crippen molar-refractivity contribution in [3.8, 4) is 11.5 Å². The summed E-state index contributed by atoms with van der Waals surface area (Å²) in [5.41, 5.74) is 0.766. The van der Waals surface area contributed by atoms with Crippen LogP contribution in [0, 0.1) is 0 Å².